The molecule has 0 aliphatic rings. The third-order valence-corrected chi connectivity index (χ3v) is 3.44. The Kier molecular flexibility index (Phi) is 4.48. The summed E-state index contributed by atoms with van der Waals surface area (Å²) < 4.78 is 5.66. The first kappa shape index (κ1) is 15.3. The van der Waals surface area contributed by atoms with Gasteiger partial charge in [-0.1, -0.05) is 25.4 Å². The molecule has 21 heavy (non-hydrogen) atoms. The van der Waals surface area contributed by atoms with E-state index in [-0.39, 0.29) is 17.4 Å². The summed E-state index contributed by atoms with van der Waals surface area (Å²) in [5.41, 5.74) is 1.72. The van der Waals surface area contributed by atoms with E-state index in [1.807, 2.05) is 20.8 Å². The summed E-state index contributed by atoms with van der Waals surface area (Å²) in [6, 6.07) is 8.22. The number of rotatable bonds is 4. The highest BCUT2D eigenvalue weighted by Crippen LogP contribution is 2.27. The average molecular weight is 306 g/mol. The molecular formula is C16H16ClNO3. The van der Waals surface area contributed by atoms with Crippen molar-refractivity contribution in [2.45, 2.75) is 26.7 Å². The zero-order valence-corrected chi connectivity index (χ0v) is 12.8. The van der Waals surface area contributed by atoms with E-state index in [1.54, 1.807) is 24.3 Å². The van der Waals surface area contributed by atoms with E-state index < -0.39 is 5.97 Å². The molecule has 0 radical (unpaired) electrons. The van der Waals surface area contributed by atoms with Crippen LogP contribution >= 0.6 is 11.6 Å². The van der Waals surface area contributed by atoms with Crippen molar-refractivity contribution in [3.63, 3.8) is 0 Å². The van der Waals surface area contributed by atoms with E-state index >= 15 is 0 Å². The van der Waals surface area contributed by atoms with Crippen LogP contribution in [0.3, 0.4) is 0 Å². The Morgan fingerprint density at radius 3 is 2.57 bits per heavy atom. The monoisotopic (exact) mass is 305 g/mol. The Labute approximate surface area is 128 Å². The topological polar surface area (TPSA) is 59.4 Å². The third kappa shape index (κ3) is 3.73. The number of carboxylic acids is 1. The van der Waals surface area contributed by atoms with Crippen LogP contribution in [0.4, 0.5) is 0 Å². The molecule has 0 saturated heterocycles. The highest BCUT2D eigenvalue weighted by atomic mass is 35.5. The minimum Gasteiger partial charge on any atom is -0.478 e. The summed E-state index contributed by atoms with van der Waals surface area (Å²) in [6.45, 7) is 5.77. The van der Waals surface area contributed by atoms with Crippen LogP contribution < -0.4 is 4.74 Å². The second kappa shape index (κ2) is 6.14. The lowest BCUT2D eigenvalue weighted by Crippen LogP contribution is -2.03. The number of aromatic carboxylic acids is 1. The summed E-state index contributed by atoms with van der Waals surface area (Å²) in [7, 11) is 0. The van der Waals surface area contributed by atoms with Gasteiger partial charge in [0.15, 0.2) is 0 Å². The molecule has 1 aromatic carbocycles. The van der Waals surface area contributed by atoms with E-state index in [0.29, 0.717) is 16.5 Å². The van der Waals surface area contributed by atoms with Gasteiger partial charge < -0.3 is 9.84 Å². The Hall–Kier alpha value is -2.07. The fourth-order valence-corrected chi connectivity index (χ4v) is 1.92. The van der Waals surface area contributed by atoms with Crippen molar-refractivity contribution >= 4 is 17.6 Å². The van der Waals surface area contributed by atoms with Crippen LogP contribution in [-0.2, 0) is 0 Å². The second-order valence-corrected chi connectivity index (χ2v) is 5.50. The van der Waals surface area contributed by atoms with Crippen LogP contribution in [0.1, 0.15) is 41.4 Å². The molecule has 0 unspecified atom stereocenters. The van der Waals surface area contributed by atoms with Gasteiger partial charge in [0.05, 0.1) is 5.56 Å². The number of hydrogen-bond acceptors (Lipinski definition) is 3. The molecule has 2 aromatic rings. The number of carboxylic acid groups (broad SMARTS) is 1. The van der Waals surface area contributed by atoms with Gasteiger partial charge in [-0.2, -0.15) is 0 Å². The van der Waals surface area contributed by atoms with Crippen molar-refractivity contribution in [2.75, 3.05) is 0 Å². The number of aryl methyl sites for hydroxylation is 1. The van der Waals surface area contributed by atoms with Crippen molar-refractivity contribution < 1.29 is 14.6 Å². The normalized spacial score (nSPS) is 10.7. The Bertz CT molecular complexity index is 683. The molecule has 4 nitrogen and oxygen atoms in total. The standard InChI is InChI=1S/C16H16ClNO3/c1-9(2)14-7-11(16(19)20)8-15(18-14)21-12-4-5-13(17)10(3)6-12/h4-9H,1-3H3,(H,19,20). The number of pyridine rings is 1. The third-order valence-electron chi connectivity index (χ3n) is 3.01. The predicted molar refractivity (Wildman–Crippen MR) is 81.5 cm³/mol. The molecule has 0 aliphatic carbocycles. The Morgan fingerprint density at radius 1 is 1.29 bits per heavy atom. The first-order valence-corrected chi connectivity index (χ1v) is 6.94. The number of nitrogens with zero attached hydrogens (tertiary/aromatic N) is 1. The summed E-state index contributed by atoms with van der Waals surface area (Å²) in [5, 5.41) is 9.81. The molecule has 1 N–H and O–H groups in total. The highest BCUT2D eigenvalue weighted by Gasteiger charge is 2.12. The Balaban J connectivity index is 2.38. The Morgan fingerprint density at radius 2 is 2.00 bits per heavy atom. The van der Waals surface area contributed by atoms with Crippen LogP contribution in [0.2, 0.25) is 5.02 Å². The predicted octanol–water partition coefficient (Wildman–Crippen LogP) is 4.66. The van der Waals surface area contributed by atoms with Gasteiger partial charge in [-0.25, -0.2) is 9.78 Å². The first-order chi connectivity index (χ1) is 9.86. The number of aromatic nitrogens is 1. The molecule has 0 aliphatic heterocycles. The van der Waals surface area contributed by atoms with Crippen LogP contribution in [0, 0.1) is 6.92 Å². The minimum atomic E-state index is -1.00. The number of carbonyl (C=O) groups is 1. The zero-order chi connectivity index (χ0) is 15.6. The maximum Gasteiger partial charge on any atom is 0.335 e. The highest BCUT2D eigenvalue weighted by molar-refractivity contribution is 6.31. The van der Waals surface area contributed by atoms with Gasteiger partial charge in [-0.15, -0.1) is 0 Å². The zero-order valence-electron chi connectivity index (χ0n) is 12.1. The summed E-state index contributed by atoms with van der Waals surface area (Å²) in [5.74, 6) is -0.0583. The van der Waals surface area contributed by atoms with Gasteiger partial charge in [-0.3, -0.25) is 0 Å². The largest absolute Gasteiger partial charge is 0.478 e. The molecule has 2 rings (SSSR count). The molecule has 0 atom stereocenters. The van der Waals surface area contributed by atoms with Crippen molar-refractivity contribution in [2.24, 2.45) is 0 Å². The average Bonchev–Trinajstić information content (AvgIpc) is 2.42. The molecule has 110 valence electrons. The van der Waals surface area contributed by atoms with Crippen LogP contribution in [0.5, 0.6) is 11.6 Å². The molecule has 1 heterocycles. The van der Waals surface area contributed by atoms with Gasteiger partial charge in [-0.05, 0) is 42.7 Å². The number of benzene rings is 1. The summed E-state index contributed by atoms with van der Waals surface area (Å²) in [6.07, 6.45) is 0. The van der Waals surface area contributed by atoms with Gasteiger partial charge >= 0.3 is 5.97 Å². The van der Waals surface area contributed by atoms with E-state index in [4.69, 9.17) is 21.4 Å². The van der Waals surface area contributed by atoms with Crippen molar-refractivity contribution in [3.8, 4) is 11.6 Å². The molecule has 0 bridgehead atoms. The molecule has 0 fully saturated rings. The first-order valence-electron chi connectivity index (χ1n) is 6.56. The number of ether oxygens (including phenoxy) is 1. The maximum absolute atomic E-state index is 11.2. The fourth-order valence-electron chi connectivity index (χ4n) is 1.80. The molecule has 0 amide bonds. The SMILES string of the molecule is Cc1cc(Oc2cc(C(=O)O)cc(C(C)C)n2)ccc1Cl. The lowest BCUT2D eigenvalue weighted by atomic mass is 10.1. The van der Waals surface area contributed by atoms with Gasteiger partial charge in [0.2, 0.25) is 5.88 Å². The van der Waals surface area contributed by atoms with E-state index in [9.17, 15) is 4.79 Å². The molecule has 5 heteroatoms. The molecule has 1 aromatic heterocycles. The smallest absolute Gasteiger partial charge is 0.335 e. The van der Waals surface area contributed by atoms with Gasteiger partial charge in [0.1, 0.15) is 5.75 Å². The lowest BCUT2D eigenvalue weighted by Gasteiger charge is -2.11. The lowest BCUT2D eigenvalue weighted by molar-refractivity contribution is 0.0696. The van der Waals surface area contributed by atoms with Crippen LogP contribution in [0.25, 0.3) is 0 Å². The van der Waals surface area contributed by atoms with Crippen molar-refractivity contribution in [3.05, 3.63) is 52.2 Å². The van der Waals surface area contributed by atoms with Gasteiger partial charge in [0.25, 0.3) is 0 Å². The molecular weight excluding hydrogens is 290 g/mol. The summed E-state index contributed by atoms with van der Waals surface area (Å²) in [4.78, 5) is 15.5. The van der Waals surface area contributed by atoms with Crippen LogP contribution in [-0.4, -0.2) is 16.1 Å². The fraction of sp³-hybridized carbons (Fsp3) is 0.250. The van der Waals surface area contributed by atoms with E-state index in [1.165, 1.54) is 6.07 Å². The molecule has 0 saturated carbocycles. The quantitative estimate of drug-likeness (QED) is 0.892. The van der Waals surface area contributed by atoms with Gasteiger partial charge in [0, 0.05) is 16.8 Å². The van der Waals surface area contributed by atoms with E-state index in [2.05, 4.69) is 4.98 Å². The van der Waals surface area contributed by atoms with Crippen molar-refractivity contribution in [1.82, 2.24) is 4.98 Å². The van der Waals surface area contributed by atoms with Crippen LogP contribution in [0.15, 0.2) is 30.3 Å². The minimum absolute atomic E-state index is 0.110. The maximum atomic E-state index is 11.2. The van der Waals surface area contributed by atoms with Crippen molar-refractivity contribution in [1.29, 1.82) is 0 Å². The summed E-state index contributed by atoms with van der Waals surface area (Å²) >= 11 is 5.97. The molecule has 0 spiro atoms. The number of halogens is 1. The van der Waals surface area contributed by atoms with E-state index in [0.717, 1.165) is 5.56 Å². The second-order valence-electron chi connectivity index (χ2n) is 5.09. The number of hydrogen-bond donors (Lipinski definition) is 1.